The van der Waals surface area contributed by atoms with E-state index in [4.69, 9.17) is 19.9 Å². The third-order valence-electron chi connectivity index (χ3n) is 7.77. The second-order valence-corrected chi connectivity index (χ2v) is 13.2. The second kappa shape index (κ2) is 11.6. The fourth-order valence-electron chi connectivity index (χ4n) is 5.04. The molecule has 0 atom stereocenters. The van der Waals surface area contributed by atoms with Crippen LogP contribution in [-0.2, 0) is 10.8 Å². The highest BCUT2D eigenvalue weighted by molar-refractivity contribution is 5.70. The van der Waals surface area contributed by atoms with Gasteiger partial charge in [-0.1, -0.05) is 126 Å². The first-order valence-corrected chi connectivity index (χ1v) is 15.0. The topological polar surface area (TPSA) is 64.5 Å². The molecule has 0 aliphatic rings. The van der Waals surface area contributed by atoms with E-state index in [-0.39, 0.29) is 10.8 Å². The fourth-order valence-corrected chi connectivity index (χ4v) is 5.04. The molecule has 0 spiro atoms. The van der Waals surface area contributed by atoms with Gasteiger partial charge < -0.3 is 0 Å². The van der Waals surface area contributed by atoms with Gasteiger partial charge in [-0.3, -0.25) is 4.98 Å². The molecule has 5 nitrogen and oxygen atoms in total. The van der Waals surface area contributed by atoms with Crippen LogP contribution in [0.2, 0.25) is 0 Å². The minimum Gasteiger partial charge on any atom is -0.255 e. The summed E-state index contributed by atoms with van der Waals surface area (Å²) in [6, 6.07) is 37.2. The summed E-state index contributed by atoms with van der Waals surface area (Å²) in [6.07, 6.45) is 1.79. The van der Waals surface area contributed by atoms with Crippen LogP contribution in [-0.4, -0.2) is 24.9 Å². The third-order valence-corrected chi connectivity index (χ3v) is 7.77. The summed E-state index contributed by atoms with van der Waals surface area (Å²) >= 11 is 0. The maximum Gasteiger partial charge on any atom is 0.164 e. The molecule has 0 N–H and O–H groups in total. The number of nitrogens with zero attached hydrogens (tertiary/aromatic N) is 5. The lowest BCUT2D eigenvalue weighted by molar-refractivity contribution is 0.590. The van der Waals surface area contributed by atoms with E-state index in [1.807, 2.05) is 36.4 Å². The van der Waals surface area contributed by atoms with E-state index in [2.05, 4.69) is 119 Å². The van der Waals surface area contributed by atoms with E-state index >= 15 is 0 Å². The monoisotopic (exact) mass is 575 g/mol. The van der Waals surface area contributed by atoms with Crippen LogP contribution < -0.4 is 0 Å². The van der Waals surface area contributed by atoms with Crippen LogP contribution in [0.1, 0.15) is 52.7 Å². The molecule has 0 fully saturated rings. The van der Waals surface area contributed by atoms with Gasteiger partial charge in [0.05, 0.1) is 17.1 Å². The van der Waals surface area contributed by atoms with Crippen molar-refractivity contribution in [3.8, 4) is 56.8 Å². The van der Waals surface area contributed by atoms with Crippen molar-refractivity contribution in [3.63, 3.8) is 0 Å². The Bertz CT molecular complexity index is 1800. The molecular formula is C39H37N5. The highest BCUT2D eigenvalue weighted by atomic mass is 15.0. The van der Waals surface area contributed by atoms with E-state index < -0.39 is 0 Å². The molecule has 5 heteroatoms. The molecule has 0 bridgehead atoms. The van der Waals surface area contributed by atoms with E-state index in [1.54, 1.807) is 6.20 Å². The summed E-state index contributed by atoms with van der Waals surface area (Å²) < 4.78 is 0. The Kier molecular flexibility index (Phi) is 7.64. The van der Waals surface area contributed by atoms with E-state index in [0.717, 1.165) is 39.3 Å². The van der Waals surface area contributed by atoms with Crippen molar-refractivity contribution in [2.75, 3.05) is 0 Å². The standard InChI is InChI=1S/C39H37N5/c1-38(2,3)30-21-17-28(18-22-30)36-42-35(43-37(44-36)29-19-23-31(24-20-29)39(4,5)6)27-15-13-26(14-16-27)32-11-9-12-34(41-32)33-10-7-8-25-40-33/h7-25H,1-6H3. The molecule has 218 valence electrons. The predicted molar refractivity (Wildman–Crippen MR) is 180 cm³/mol. The number of rotatable bonds is 5. The van der Waals surface area contributed by atoms with Crippen molar-refractivity contribution in [1.29, 1.82) is 0 Å². The average molecular weight is 576 g/mol. The molecule has 0 saturated heterocycles. The molecule has 0 unspecified atom stereocenters. The van der Waals surface area contributed by atoms with Crippen molar-refractivity contribution >= 4 is 0 Å². The number of pyridine rings is 2. The number of aromatic nitrogens is 5. The Morgan fingerprint density at radius 2 is 0.773 bits per heavy atom. The van der Waals surface area contributed by atoms with E-state index in [9.17, 15) is 0 Å². The maximum atomic E-state index is 4.96. The lowest BCUT2D eigenvalue weighted by Crippen LogP contribution is -2.10. The molecule has 6 aromatic rings. The molecule has 3 aromatic heterocycles. The first-order valence-electron chi connectivity index (χ1n) is 15.0. The van der Waals surface area contributed by atoms with Gasteiger partial charge in [-0.15, -0.1) is 0 Å². The highest BCUT2D eigenvalue weighted by Gasteiger charge is 2.17. The molecule has 0 saturated carbocycles. The van der Waals surface area contributed by atoms with E-state index in [0.29, 0.717) is 17.5 Å². The zero-order chi connectivity index (χ0) is 30.9. The van der Waals surface area contributed by atoms with Gasteiger partial charge in [-0.25, -0.2) is 19.9 Å². The minimum absolute atomic E-state index is 0.0660. The quantitative estimate of drug-likeness (QED) is 0.205. The summed E-state index contributed by atoms with van der Waals surface area (Å²) in [5.41, 5.74) is 9.09. The fraction of sp³-hybridized carbons (Fsp3) is 0.205. The Balaban J connectivity index is 1.39. The lowest BCUT2D eigenvalue weighted by Gasteiger charge is -2.19. The van der Waals surface area contributed by atoms with Crippen molar-refractivity contribution < 1.29 is 0 Å². The van der Waals surface area contributed by atoms with Gasteiger partial charge in [0.1, 0.15) is 0 Å². The van der Waals surface area contributed by atoms with Crippen LogP contribution in [0.5, 0.6) is 0 Å². The summed E-state index contributed by atoms with van der Waals surface area (Å²) in [5, 5.41) is 0. The van der Waals surface area contributed by atoms with Crippen molar-refractivity contribution in [3.05, 3.63) is 127 Å². The van der Waals surface area contributed by atoms with Crippen LogP contribution >= 0.6 is 0 Å². The smallest absolute Gasteiger partial charge is 0.164 e. The van der Waals surface area contributed by atoms with Crippen LogP contribution in [0, 0.1) is 0 Å². The Labute approximate surface area is 260 Å². The molecule has 0 aliphatic heterocycles. The Morgan fingerprint density at radius 3 is 1.20 bits per heavy atom. The number of hydrogen-bond donors (Lipinski definition) is 0. The molecule has 3 aromatic carbocycles. The molecule has 44 heavy (non-hydrogen) atoms. The average Bonchev–Trinajstić information content (AvgIpc) is 3.04. The summed E-state index contributed by atoms with van der Waals surface area (Å²) in [6.45, 7) is 13.3. The first kappa shape index (κ1) is 29.1. The van der Waals surface area contributed by atoms with Crippen LogP contribution in [0.3, 0.4) is 0 Å². The first-order chi connectivity index (χ1) is 21.0. The normalized spacial score (nSPS) is 11.9. The summed E-state index contributed by atoms with van der Waals surface area (Å²) in [7, 11) is 0. The Morgan fingerprint density at radius 1 is 0.364 bits per heavy atom. The van der Waals surface area contributed by atoms with Crippen molar-refractivity contribution in [2.24, 2.45) is 0 Å². The van der Waals surface area contributed by atoms with Gasteiger partial charge >= 0.3 is 0 Å². The lowest BCUT2D eigenvalue weighted by atomic mass is 9.86. The van der Waals surface area contributed by atoms with Crippen molar-refractivity contribution in [1.82, 2.24) is 24.9 Å². The van der Waals surface area contributed by atoms with Gasteiger partial charge in [0.25, 0.3) is 0 Å². The maximum absolute atomic E-state index is 4.96. The van der Waals surface area contributed by atoms with Gasteiger partial charge in [-0.2, -0.15) is 0 Å². The van der Waals surface area contributed by atoms with Crippen LogP contribution in [0.25, 0.3) is 56.8 Å². The summed E-state index contributed by atoms with van der Waals surface area (Å²) in [5.74, 6) is 1.94. The highest BCUT2D eigenvalue weighted by Crippen LogP contribution is 2.30. The predicted octanol–water partition coefficient (Wildman–Crippen LogP) is 9.59. The van der Waals surface area contributed by atoms with Crippen molar-refractivity contribution in [2.45, 2.75) is 52.4 Å². The van der Waals surface area contributed by atoms with Gasteiger partial charge in [-0.05, 0) is 46.2 Å². The minimum atomic E-state index is 0.0660. The van der Waals surface area contributed by atoms with Crippen LogP contribution in [0.4, 0.5) is 0 Å². The number of benzene rings is 3. The van der Waals surface area contributed by atoms with E-state index in [1.165, 1.54) is 11.1 Å². The molecule has 0 aliphatic carbocycles. The third kappa shape index (κ3) is 6.32. The molecular weight excluding hydrogens is 538 g/mol. The zero-order valence-electron chi connectivity index (χ0n) is 26.2. The number of hydrogen-bond acceptors (Lipinski definition) is 5. The molecule has 0 amide bonds. The van der Waals surface area contributed by atoms with Gasteiger partial charge in [0.2, 0.25) is 0 Å². The summed E-state index contributed by atoms with van der Waals surface area (Å²) in [4.78, 5) is 24.2. The largest absolute Gasteiger partial charge is 0.255 e. The van der Waals surface area contributed by atoms with Crippen LogP contribution in [0.15, 0.2) is 115 Å². The van der Waals surface area contributed by atoms with Gasteiger partial charge in [0.15, 0.2) is 17.5 Å². The Hall–Kier alpha value is -5.03. The molecule has 3 heterocycles. The SMILES string of the molecule is CC(C)(C)c1ccc(-c2nc(-c3ccc(-c4cccc(-c5ccccn5)n4)cc3)nc(-c3ccc(C(C)(C)C)cc3)n2)cc1. The molecule has 6 rings (SSSR count). The molecule has 0 radical (unpaired) electrons. The second-order valence-electron chi connectivity index (χ2n) is 13.2. The zero-order valence-corrected chi connectivity index (χ0v) is 26.2. The van der Waals surface area contributed by atoms with Gasteiger partial charge in [0, 0.05) is 28.5 Å².